The van der Waals surface area contributed by atoms with Gasteiger partial charge < -0.3 is 10.6 Å². The van der Waals surface area contributed by atoms with E-state index in [2.05, 4.69) is 49.1 Å². The first-order chi connectivity index (χ1) is 8.63. The molecule has 1 aliphatic rings. The minimum Gasteiger partial charge on any atom is -0.327 e. The highest BCUT2D eigenvalue weighted by Crippen LogP contribution is 2.21. The Hall–Kier alpha value is -0.860. The molecule has 18 heavy (non-hydrogen) atoms. The summed E-state index contributed by atoms with van der Waals surface area (Å²) in [5.41, 5.74) is 7.65. The van der Waals surface area contributed by atoms with Crippen molar-refractivity contribution in [3.8, 4) is 0 Å². The van der Waals surface area contributed by atoms with Crippen LogP contribution in [0.15, 0.2) is 30.3 Å². The fraction of sp³-hybridized carbons (Fsp3) is 0.625. The zero-order valence-electron chi connectivity index (χ0n) is 11.7. The van der Waals surface area contributed by atoms with Gasteiger partial charge in [-0.2, -0.15) is 0 Å². The van der Waals surface area contributed by atoms with Crippen LogP contribution in [0.2, 0.25) is 0 Å². The van der Waals surface area contributed by atoms with E-state index in [9.17, 15) is 0 Å². The van der Waals surface area contributed by atoms with Gasteiger partial charge in [0.1, 0.15) is 0 Å². The lowest BCUT2D eigenvalue weighted by molar-refractivity contribution is 0.142. The first-order valence-corrected chi connectivity index (χ1v) is 7.15. The average molecular weight is 246 g/mol. The number of nitrogens with two attached hydrogens (primary N) is 1. The highest BCUT2D eigenvalue weighted by atomic mass is 15.1. The second-order valence-electron chi connectivity index (χ2n) is 6.16. The Morgan fingerprint density at radius 3 is 2.61 bits per heavy atom. The van der Waals surface area contributed by atoms with Gasteiger partial charge in [-0.3, -0.25) is 0 Å². The van der Waals surface area contributed by atoms with Crippen molar-refractivity contribution in [2.24, 2.45) is 17.6 Å². The molecule has 0 saturated carbocycles. The van der Waals surface area contributed by atoms with Crippen molar-refractivity contribution in [2.75, 3.05) is 19.6 Å². The molecule has 0 amide bonds. The number of hydrogen-bond acceptors (Lipinski definition) is 2. The second-order valence-corrected chi connectivity index (χ2v) is 6.16. The number of likely N-dealkylation sites (tertiary alicyclic amines) is 1. The van der Waals surface area contributed by atoms with Crippen molar-refractivity contribution < 1.29 is 0 Å². The van der Waals surface area contributed by atoms with Gasteiger partial charge in [0.15, 0.2) is 0 Å². The minimum atomic E-state index is 0.353. The third-order valence-electron chi connectivity index (χ3n) is 3.64. The summed E-state index contributed by atoms with van der Waals surface area (Å²) in [6.07, 6.45) is 2.34. The molecule has 1 aromatic carbocycles. The van der Waals surface area contributed by atoms with E-state index in [-0.39, 0.29) is 0 Å². The molecule has 1 saturated heterocycles. The Balaban J connectivity index is 1.92. The molecule has 100 valence electrons. The van der Waals surface area contributed by atoms with Crippen molar-refractivity contribution in [1.82, 2.24) is 4.90 Å². The monoisotopic (exact) mass is 246 g/mol. The van der Waals surface area contributed by atoms with Crippen molar-refractivity contribution in [3.05, 3.63) is 35.9 Å². The van der Waals surface area contributed by atoms with Gasteiger partial charge in [0, 0.05) is 25.7 Å². The lowest BCUT2D eigenvalue weighted by atomic mass is 9.88. The largest absolute Gasteiger partial charge is 0.327 e. The van der Waals surface area contributed by atoms with Crippen LogP contribution in [0.4, 0.5) is 0 Å². The molecule has 2 heteroatoms. The predicted molar refractivity (Wildman–Crippen MR) is 77.5 cm³/mol. The molecule has 1 heterocycles. The summed E-state index contributed by atoms with van der Waals surface area (Å²) in [4.78, 5) is 2.55. The van der Waals surface area contributed by atoms with Gasteiger partial charge in [-0.1, -0.05) is 44.2 Å². The number of hydrogen-bond donors (Lipinski definition) is 1. The topological polar surface area (TPSA) is 29.3 Å². The summed E-state index contributed by atoms with van der Waals surface area (Å²) < 4.78 is 0. The lowest BCUT2D eigenvalue weighted by Gasteiger charge is -2.37. The molecular formula is C16H26N2. The Bertz CT molecular complexity index is 345. The van der Waals surface area contributed by atoms with Gasteiger partial charge in [-0.25, -0.2) is 0 Å². The number of benzene rings is 1. The predicted octanol–water partition coefficient (Wildman–Crippen LogP) is 2.53. The quantitative estimate of drug-likeness (QED) is 0.884. The van der Waals surface area contributed by atoms with E-state index in [1.807, 2.05) is 0 Å². The van der Waals surface area contributed by atoms with Crippen LogP contribution in [0.1, 0.15) is 25.8 Å². The van der Waals surface area contributed by atoms with Gasteiger partial charge in [0.05, 0.1) is 0 Å². The Morgan fingerprint density at radius 1 is 1.22 bits per heavy atom. The Labute approximate surface area is 111 Å². The van der Waals surface area contributed by atoms with Crippen LogP contribution >= 0.6 is 0 Å². The Kier molecular flexibility index (Phi) is 4.79. The first kappa shape index (κ1) is 13.6. The molecule has 0 bridgehead atoms. The molecule has 0 aromatic heterocycles. The van der Waals surface area contributed by atoms with Crippen LogP contribution in [0, 0.1) is 11.8 Å². The van der Waals surface area contributed by atoms with Crippen molar-refractivity contribution in [1.29, 1.82) is 0 Å². The molecule has 1 aliphatic heterocycles. The summed E-state index contributed by atoms with van der Waals surface area (Å²) in [7, 11) is 0. The van der Waals surface area contributed by atoms with Crippen LogP contribution < -0.4 is 5.73 Å². The van der Waals surface area contributed by atoms with Crippen LogP contribution in [0.5, 0.6) is 0 Å². The normalized spacial score (nSPS) is 25.6. The van der Waals surface area contributed by atoms with Crippen LogP contribution in [-0.4, -0.2) is 30.6 Å². The summed E-state index contributed by atoms with van der Waals surface area (Å²) in [5.74, 6) is 1.45. The first-order valence-electron chi connectivity index (χ1n) is 7.15. The summed E-state index contributed by atoms with van der Waals surface area (Å²) in [5, 5.41) is 0. The van der Waals surface area contributed by atoms with Gasteiger partial charge in [0.2, 0.25) is 0 Å². The Morgan fingerprint density at radius 2 is 1.94 bits per heavy atom. The third kappa shape index (κ3) is 4.11. The highest BCUT2D eigenvalue weighted by molar-refractivity contribution is 5.15. The standard InChI is InChI=1S/C16H26N2/c1-13(2)10-18-11-15(9-16(17)12-18)8-14-6-4-3-5-7-14/h3-7,13,15-16H,8-12,17H2,1-2H3. The number of piperidine rings is 1. The van der Waals surface area contributed by atoms with Crippen LogP contribution in [0.3, 0.4) is 0 Å². The van der Waals surface area contributed by atoms with Gasteiger partial charge in [-0.05, 0) is 30.2 Å². The van der Waals surface area contributed by atoms with E-state index < -0.39 is 0 Å². The van der Waals surface area contributed by atoms with Gasteiger partial charge in [-0.15, -0.1) is 0 Å². The zero-order valence-corrected chi connectivity index (χ0v) is 11.7. The molecule has 2 atom stereocenters. The molecule has 0 aliphatic carbocycles. The van der Waals surface area contributed by atoms with E-state index in [1.165, 1.54) is 31.5 Å². The SMILES string of the molecule is CC(C)CN1CC(N)CC(Cc2ccccc2)C1. The van der Waals surface area contributed by atoms with E-state index in [0.29, 0.717) is 6.04 Å². The maximum Gasteiger partial charge on any atom is 0.0171 e. The average Bonchev–Trinajstić information content (AvgIpc) is 2.28. The summed E-state index contributed by atoms with van der Waals surface area (Å²) in [6, 6.07) is 11.2. The van der Waals surface area contributed by atoms with E-state index in [4.69, 9.17) is 5.73 Å². The van der Waals surface area contributed by atoms with E-state index in [1.54, 1.807) is 0 Å². The number of rotatable bonds is 4. The molecule has 2 N–H and O–H groups in total. The lowest BCUT2D eigenvalue weighted by Crippen LogP contribution is -2.48. The maximum atomic E-state index is 6.20. The van der Waals surface area contributed by atoms with Gasteiger partial charge >= 0.3 is 0 Å². The summed E-state index contributed by atoms with van der Waals surface area (Å²) in [6.45, 7) is 8.03. The van der Waals surface area contributed by atoms with Crippen molar-refractivity contribution >= 4 is 0 Å². The summed E-state index contributed by atoms with van der Waals surface area (Å²) >= 11 is 0. The molecule has 0 spiro atoms. The molecule has 2 nitrogen and oxygen atoms in total. The smallest absolute Gasteiger partial charge is 0.0171 e. The third-order valence-corrected chi connectivity index (χ3v) is 3.64. The zero-order chi connectivity index (χ0) is 13.0. The molecule has 1 aromatic rings. The van der Waals surface area contributed by atoms with Crippen LogP contribution in [0.25, 0.3) is 0 Å². The molecule has 0 radical (unpaired) electrons. The van der Waals surface area contributed by atoms with Crippen molar-refractivity contribution in [3.63, 3.8) is 0 Å². The minimum absolute atomic E-state index is 0.353. The second kappa shape index (κ2) is 6.35. The maximum absolute atomic E-state index is 6.20. The molecular weight excluding hydrogens is 220 g/mol. The van der Waals surface area contributed by atoms with Crippen molar-refractivity contribution in [2.45, 2.75) is 32.7 Å². The molecule has 2 rings (SSSR count). The van der Waals surface area contributed by atoms with E-state index >= 15 is 0 Å². The highest BCUT2D eigenvalue weighted by Gasteiger charge is 2.25. The molecule has 2 unspecified atom stereocenters. The van der Waals surface area contributed by atoms with E-state index in [0.717, 1.165) is 18.4 Å². The van der Waals surface area contributed by atoms with Gasteiger partial charge in [0.25, 0.3) is 0 Å². The number of nitrogens with zero attached hydrogens (tertiary/aromatic N) is 1. The van der Waals surface area contributed by atoms with Crippen LogP contribution in [-0.2, 0) is 6.42 Å². The molecule has 1 fully saturated rings. The fourth-order valence-corrected chi connectivity index (χ4v) is 3.11. The fourth-order valence-electron chi connectivity index (χ4n) is 3.11.